The van der Waals surface area contributed by atoms with E-state index < -0.39 is 0 Å². The van der Waals surface area contributed by atoms with Crippen molar-refractivity contribution in [2.75, 3.05) is 30.3 Å². The lowest BCUT2D eigenvalue weighted by Gasteiger charge is -2.31. The molecule has 0 aliphatic carbocycles. The summed E-state index contributed by atoms with van der Waals surface area (Å²) < 4.78 is 0. The van der Waals surface area contributed by atoms with Crippen molar-refractivity contribution in [1.29, 1.82) is 0 Å². The topological polar surface area (TPSA) is 83.0 Å². The van der Waals surface area contributed by atoms with Crippen LogP contribution in [-0.4, -0.2) is 51.7 Å². The number of aromatic nitrogens is 3. The lowest BCUT2D eigenvalue weighted by Crippen LogP contribution is -2.39. The average molecular weight is 344 g/mol. The molecule has 2 aromatic rings. The average Bonchev–Trinajstić information content (AvgIpc) is 3.10. The Balaban J connectivity index is 1.51. The molecule has 1 aliphatic rings. The van der Waals surface area contributed by atoms with Gasteiger partial charge in [-0.1, -0.05) is 17.4 Å². The normalized spacial score (nSPS) is 15.8. The highest BCUT2D eigenvalue weighted by atomic mass is 32.1. The van der Waals surface area contributed by atoms with Gasteiger partial charge in [0.2, 0.25) is 5.13 Å². The predicted molar refractivity (Wildman–Crippen MR) is 95.4 cm³/mol. The molecule has 2 N–H and O–H groups in total. The summed E-state index contributed by atoms with van der Waals surface area (Å²) in [6, 6.07) is 4.02. The van der Waals surface area contributed by atoms with Crippen LogP contribution in [0.1, 0.15) is 23.2 Å². The second-order valence-electron chi connectivity index (χ2n) is 5.64. The van der Waals surface area contributed by atoms with Gasteiger partial charge in [0.15, 0.2) is 0 Å². The molecule has 0 bridgehead atoms. The number of hydrogen-bond acceptors (Lipinski definition) is 7. The first-order chi connectivity index (χ1) is 11.7. The summed E-state index contributed by atoms with van der Waals surface area (Å²) in [5, 5.41) is 14.1. The van der Waals surface area contributed by atoms with E-state index in [2.05, 4.69) is 37.3 Å². The van der Waals surface area contributed by atoms with Crippen molar-refractivity contribution in [1.82, 2.24) is 20.1 Å². The van der Waals surface area contributed by atoms with Crippen LogP contribution in [0.2, 0.25) is 0 Å². The second-order valence-corrected chi connectivity index (χ2v) is 6.47. The summed E-state index contributed by atoms with van der Waals surface area (Å²) in [7, 11) is 0. The Morgan fingerprint density at radius 3 is 2.88 bits per heavy atom. The van der Waals surface area contributed by atoms with E-state index in [1.54, 1.807) is 17.8 Å². The fourth-order valence-electron chi connectivity index (χ4n) is 2.66. The number of likely N-dealkylation sites (tertiary alicyclic amines) is 1. The van der Waals surface area contributed by atoms with Crippen LogP contribution in [0.25, 0.3) is 0 Å². The fourth-order valence-corrected chi connectivity index (χ4v) is 3.10. The molecule has 8 heteroatoms. The van der Waals surface area contributed by atoms with E-state index >= 15 is 0 Å². The van der Waals surface area contributed by atoms with Gasteiger partial charge in [-0.3, -0.25) is 15.0 Å². The van der Waals surface area contributed by atoms with Gasteiger partial charge in [-0.2, -0.15) is 0 Å². The van der Waals surface area contributed by atoms with Crippen LogP contribution in [0.3, 0.4) is 0 Å². The molecule has 3 rings (SSSR count). The number of rotatable bonds is 6. The van der Waals surface area contributed by atoms with Gasteiger partial charge in [-0.25, -0.2) is 4.98 Å². The molecule has 1 aliphatic heterocycles. The number of nitrogens with one attached hydrogen (secondary N) is 2. The zero-order valence-corrected chi connectivity index (χ0v) is 14.1. The molecule has 0 saturated carbocycles. The Morgan fingerprint density at radius 2 is 2.25 bits per heavy atom. The zero-order valence-electron chi connectivity index (χ0n) is 13.3. The van der Waals surface area contributed by atoms with Crippen LogP contribution in [0.5, 0.6) is 0 Å². The standard InChI is InChI=1S/C16H20N6OS/c1-2-7-22-8-5-13(6-9-22)19-14-4-3-12(10-17-14)15(23)20-16-21-18-11-24-16/h2-4,10-11,13H,1,5-9H2,(H,17,19)(H,20,21,23). The number of nitrogens with zero attached hydrogens (tertiary/aromatic N) is 4. The van der Waals surface area contributed by atoms with Gasteiger partial charge in [0.1, 0.15) is 11.3 Å². The number of carbonyl (C=O) groups is 1. The first-order valence-corrected chi connectivity index (χ1v) is 8.76. The summed E-state index contributed by atoms with van der Waals surface area (Å²) in [5.74, 6) is 0.563. The highest BCUT2D eigenvalue weighted by Crippen LogP contribution is 2.16. The number of amides is 1. The van der Waals surface area contributed by atoms with Gasteiger partial charge in [0, 0.05) is 31.9 Å². The largest absolute Gasteiger partial charge is 0.367 e. The molecule has 3 heterocycles. The lowest BCUT2D eigenvalue weighted by molar-refractivity contribution is 0.102. The number of piperidine rings is 1. The van der Waals surface area contributed by atoms with Crippen molar-refractivity contribution in [3.8, 4) is 0 Å². The van der Waals surface area contributed by atoms with Crippen LogP contribution in [-0.2, 0) is 0 Å². The summed E-state index contributed by atoms with van der Waals surface area (Å²) in [6.45, 7) is 6.85. The number of pyridine rings is 1. The van der Waals surface area contributed by atoms with Crippen molar-refractivity contribution in [3.05, 3.63) is 42.1 Å². The molecular weight excluding hydrogens is 324 g/mol. The van der Waals surface area contributed by atoms with Crippen LogP contribution < -0.4 is 10.6 Å². The maximum atomic E-state index is 12.1. The van der Waals surface area contributed by atoms with Crippen LogP contribution in [0.15, 0.2) is 36.5 Å². The van der Waals surface area contributed by atoms with E-state index in [9.17, 15) is 4.79 Å². The smallest absolute Gasteiger partial charge is 0.259 e. The van der Waals surface area contributed by atoms with Crippen LogP contribution in [0, 0.1) is 0 Å². The highest BCUT2D eigenvalue weighted by Gasteiger charge is 2.18. The molecule has 0 radical (unpaired) electrons. The monoisotopic (exact) mass is 344 g/mol. The predicted octanol–water partition coefficient (Wildman–Crippen LogP) is 2.25. The Kier molecular flexibility index (Phi) is 5.50. The van der Waals surface area contributed by atoms with Gasteiger partial charge in [0.25, 0.3) is 5.91 Å². The molecule has 24 heavy (non-hydrogen) atoms. The van der Waals surface area contributed by atoms with E-state index in [1.165, 1.54) is 11.3 Å². The van der Waals surface area contributed by atoms with E-state index in [4.69, 9.17) is 0 Å². The minimum Gasteiger partial charge on any atom is -0.367 e. The molecule has 0 unspecified atom stereocenters. The number of anilines is 2. The molecule has 126 valence electrons. The first kappa shape index (κ1) is 16.5. The Labute approximate surface area is 144 Å². The van der Waals surface area contributed by atoms with Gasteiger partial charge >= 0.3 is 0 Å². The third-order valence-electron chi connectivity index (χ3n) is 3.93. The summed E-state index contributed by atoms with van der Waals surface area (Å²) in [6.07, 6.45) is 5.68. The molecule has 0 aromatic carbocycles. The minimum atomic E-state index is -0.233. The Morgan fingerprint density at radius 1 is 1.42 bits per heavy atom. The summed E-state index contributed by atoms with van der Waals surface area (Å²) >= 11 is 1.28. The number of hydrogen-bond donors (Lipinski definition) is 2. The van der Waals surface area contributed by atoms with Crippen molar-refractivity contribution in [2.24, 2.45) is 0 Å². The van der Waals surface area contributed by atoms with E-state index in [1.807, 2.05) is 12.1 Å². The third-order valence-corrected chi connectivity index (χ3v) is 4.54. The molecule has 1 amide bonds. The van der Waals surface area contributed by atoms with E-state index in [0.29, 0.717) is 16.7 Å². The van der Waals surface area contributed by atoms with Crippen molar-refractivity contribution < 1.29 is 4.79 Å². The first-order valence-electron chi connectivity index (χ1n) is 7.88. The van der Waals surface area contributed by atoms with Crippen LogP contribution >= 0.6 is 11.3 Å². The van der Waals surface area contributed by atoms with Gasteiger partial charge in [-0.15, -0.1) is 16.8 Å². The van der Waals surface area contributed by atoms with Gasteiger partial charge in [-0.05, 0) is 25.0 Å². The van der Waals surface area contributed by atoms with E-state index in [-0.39, 0.29) is 5.91 Å². The van der Waals surface area contributed by atoms with E-state index in [0.717, 1.165) is 38.3 Å². The van der Waals surface area contributed by atoms with Crippen molar-refractivity contribution in [2.45, 2.75) is 18.9 Å². The maximum Gasteiger partial charge on any atom is 0.259 e. The van der Waals surface area contributed by atoms with Gasteiger partial charge in [0.05, 0.1) is 5.56 Å². The lowest BCUT2D eigenvalue weighted by atomic mass is 10.1. The number of carbonyl (C=O) groups excluding carboxylic acids is 1. The Bertz CT molecular complexity index is 664. The third kappa shape index (κ3) is 4.36. The summed E-state index contributed by atoms with van der Waals surface area (Å²) in [4.78, 5) is 18.8. The SMILES string of the molecule is C=CCN1CCC(Nc2ccc(C(=O)Nc3nncs3)cn2)CC1. The molecule has 0 atom stereocenters. The second kappa shape index (κ2) is 7.98. The minimum absolute atomic E-state index is 0.233. The fraction of sp³-hybridized carbons (Fsp3) is 0.375. The van der Waals surface area contributed by atoms with Crippen LogP contribution in [0.4, 0.5) is 10.9 Å². The van der Waals surface area contributed by atoms with Gasteiger partial charge < -0.3 is 5.32 Å². The Hall–Kier alpha value is -2.32. The molecule has 0 spiro atoms. The zero-order chi connectivity index (χ0) is 16.8. The molecular formula is C16H20N6OS. The molecule has 1 saturated heterocycles. The van der Waals surface area contributed by atoms with Crippen molar-refractivity contribution in [3.63, 3.8) is 0 Å². The van der Waals surface area contributed by atoms with Crippen molar-refractivity contribution >= 4 is 28.2 Å². The highest BCUT2D eigenvalue weighted by molar-refractivity contribution is 7.13. The molecule has 2 aromatic heterocycles. The summed E-state index contributed by atoms with van der Waals surface area (Å²) in [5.41, 5.74) is 2.07. The molecule has 1 fully saturated rings. The quantitative estimate of drug-likeness (QED) is 0.782. The maximum absolute atomic E-state index is 12.1. The molecule has 7 nitrogen and oxygen atoms in total.